The minimum absolute atomic E-state index is 0.0710. The van der Waals surface area contributed by atoms with Crippen LogP contribution in [0.3, 0.4) is 0 Å². The van der Waals surface area contributed by atoms with E-state index < -0.39 is 5.41 Å². The third-order valence-electron chi connectivity index (χ3n) is 7.20. The lowest BCUT2D eigenvalue weighted by Crippen LogP contribution is -2.38. The van der Waals surface area contributed by atoms with E-state index in [1.54, 1.807) is 0 Å². The molecule has 1 heterocycles. The van der Waals surface area contributed by atoms with Crippen molar-refractivity contribution in [2.45, 2.75) is 69.7 Å². The van der Waals surface area contributed by atoms with Gasteiger partial charge in [0.15, 0.2) is 0 Å². The van der Waals surface area contributed by atoms with Gasteiger partial charge < -0.3 is 15.0 Å². The van der Waals surface area contributed by atoms with Crippen molar-refractivity contribution in [3.05, 3.63) is 59.1 Å². The molecular formula is C27H35ClN2O2. The SMILES string of the molecule is CC1CCCCN1CCCOc1ccc(NC(=O)C2(c3ccc(Cl)cc3)CCCC2)cc1. The Balaban J connectivity index is 1.30. The molecule has 1 N–H and O–H groups in total. The van der Waals surface area contributed by atoms with Crippen LogP contribution in [0.4, 0.5) is 5.69 Å². The predicted octanol–water partition coefficient (Wildman–Crippen LogP) is 6.43. The summed E-state index contributed by atoms with van der Waals surface area (Å²) in [5.41, 5.74) is 1.40. The molecule has 2 fully saturated rings. The number of halogens is 1. The minimum atomic E-state index is -0.467. The molecule has 0 spiro atoms. The number of ether oxygens (including phenoxy) is 1. The van der Waals surface area contributed by atoms with Gasteiger partial charge in [0.05, 0.1) is 12.0 Å². The Kier molecular flexibility index (Phi) is 7.75. The molecule has 1 amide bonds. The Morgan fingerprint density at radius 1 is 1.06 bits per heavy atom. The van der Waals surface area contributed by atoms with Crippen molar-refractivity contribution in [1.29, 1.82) is 0 Å². The maximum absolute atomic E-state index is 13.3. The van der Waals surface area contributed by atoms with Gasteiger partial charge in [-0.25, -0.2) is 0 Å². The summed E-state index contributed by atoms with van der Waals surface area (Å²) in [6.45, 7) is 5.36. The highest BCUT2D eigenvalue weighted by Gasteiger charge is 2.42. The molecule has 2 aromatic carbocycles. The first-order valence-electron chi connectivity index (χ1n) is 12.1. The summed E-state index contributed by atoms with van der Waals surface area (Å²) in [5, 5.41) is 3.84. The fraction of sp³-hybridized carbons (Fsp3) is 0.519. The van der Waals surface area contributed by atoms with Crippen molar-refractivity contribution in [2.24, 2.45) is 0 Å². The number of benzene rings is 2. The summed E-state index contributed by atoms with van der Waals surface area (Å²) in [6.07, 6.45) is 8.90. The van der Waals surface area contributed by atoms with Gasteiger partial charge in [-0.3, -0.25) is 4.79 Å². The Morgan fingerprint density at radius 3 is 2.47 bits per heavy atom. The van der Waals surface area contributed by atoms with E-state index in [-0.39, 0.29) is 5.91 Å². The van der Waals surface area contributed by atoms with Crippen molar-refractivity contribution in [3.63, 3.8) is 0 Å². The molecule has 0 bridgehead atoms. The zero-order valence-electron chi connectivity index (χ0n) is 19.1. The summed E-state index contributed by atoms with van der Waals surface area (Å²) < 4.78 is 5.94. The number of rotatable bonds is 8. The monoisotopic (exact) mass is 454 g/mol. The van der Waals surface area contributed by atoms with Crippen molar-refractivity contribution < 1.29 is 9.53 Å². The van der Waals surface area contributed by atoms with E-state index in [4.69, 9.17) is 16.3 Å². The van der Waals surface area contributed by atoms with Crippen LogP contribution in [0.25, 0.3) is 0 Å². The molecule has 0 radical (unpaired) electrons. The standard InChI is InChI=1S/C27H35ClN2O2/c1-21-7-2-5-18-30(21)19-6-20-32-25-14-12-24(13-15-25)29-26(31)27(16-3-4-17-27)22-8-10-23(28)11-9-22/h8-15,21H,2-7,16-20H2,1H3,(H,29,31). The molecule has 0 aromatic heterocycles. The van der Waals surface area contributed by atoms with Gasteiger partial charge in [-0.1, -0.05) is 43.0 Å². The van der Waals surface area contributed by atoms with E-state index in [9.17, 15) is 4.79 Å². The average Bonchev–Trinajstić information content (AvgIpc) is 3.31. The Labute approximate surface area is 197 Å². The van der Waals surface area contributed by atoms with Crippen molar-refractivity contribution in [1.82, 2.24) is 4.90 Å². The molecule has 2 aliphatic rings. The maximum atomic E-state index is 13.3. The number of anilines is 1. The maximum Gasteiger partial charge on any atom is 0.235 e. The zero-order valence-corrected chi connectivity index (χ0v) is 19.9. The lowest BCUT2D eigenvalue weighted by molar-refractivity contribution is -0.121. The normalized spacial score (nSPS) is 20.8. The van der Waals surface area contributed by atoms with E-state index in [0.29, 0.717) is 17.7 Å². The van der Waals surface area contributed by atoms with Gasteiger partial charge in [-0.2, -0.15) is 0 Å². The predicted molar refractivity (Wildman–Crippen MR) is 132 cm³/mol. The molecule has 4 nitrogen and oxygen atoms in total. The first kappa shape index (κ1) is 23.1. The zero-order chi connectivity index (χ0) is 22.4. The van der Waals surface area contributed by atoms with Crippen LogP contribution in [0.5, 0.6) is 5.75 Å². The number of amides is 1. The van der Waals surface area contributed by atoms with Crippen LogP contribution in [-0.2, 0) is 10.2 Å². The van der Waals surface area contributed by atoms with Crippen molar-refractivity contribution in [2.75, 3.05) is 25.0 Å². The average molecular weight is 455 g/mol. The highest BCUT2D eigenvalue weighted by molar-refractivity contribution is 6.30. The topological polar surface area (TPSA) is 41.6 Å². The van der Waals surface area contributed by atoms with Crippen LogP contribution in [0, 0.1) is 0 Å². The third kappa shape index (κ3) is 5.47. The van der Waals surface area contributed by atoms with Gasteiger partial charge in [0, 0.05) is 23.3 Å². The van der Waals surface area contributed by atoms with Crippen LogP contribution in [0.2, 0.25) is 5.02 Å². The second-order valence-electron chi connectivity index (χ2n) is 9.36. The quantitative estimate of drug-likeness (QED) is 0.467. The van der Waals surface area contributed by atoms with E-state index in [1.165, 1.54) is 25.8 Å². The molecule has 5 heteroatoms. The molecule has 1 unspecified atom stereocenters. The van der Waals surface area contributed by atoms with E-state index in [1.807, 2.05) is 48.5 Å². The number of hydrogen-bond acceptors (Lipinski definition) is 3. The lowest BCUT2D eigenvalue weighted by atomic mass is 9.78. The molecular weight excluding hydrogens is 420 g/mol. The fourth-order valence-electron chi connectivity index (χ4n) is 5.23. The van der Waals surface area contributed by atoms with Crippen LogP contribution in [0.15, 0.2) is 48.5 Å². The number of hydrogen-bond donors (Lipinski definition) is 1. The number of nitrogens with zero attached hydrogens (tertiary/aromatic N) is 1. The Hall–Kier alpha value is -2.04. The summed E-state index contributed by atoms with van der Waals surface area (Å²) in [4.78, 5) is 15.9. The summed E-state index contributed by atoms with van der Waals surface area (Å²) in [6, 6.07) is 16.2. The first-order chi connectivity index (χ1) is 15.6. The molecule has 172 valence electrons. The van der Waals surface area contributed by atoms with Gasteiger partial charge >= 0.3 is 0 Å². The number of nitrogens with one attached hydrogen (secondary N) is 1. The summed E-state index contributed by atoms with van der Waals surface area (Å²) in [5.74, 6) is 0.921. The number of likely N-dealkylation sites (tertiary alicyclic amines) is 1. The molecule has 4 rings (SSSR count). The molecule has 1 saturated heterocycles. The second-order valence-corrected chi connectivity index (χ2v) is 9.79. The molecule has 32 heavy (non-hydrogen) atoms. The molecule has 1 atom stereocenters. The Bertz CT molecular complexity index is 876. The highest BCUT2D eigenvalue weighted by atomic mass is 35.5. The molecule has 2 aromatic rings. The van der Waals surface area contributed by atoms with Gasteiger partial charge in [-0.05, 0) is 87.5 Å². The third-order valence-corrected chi connectivity index (χ3v) is 7.45. The van der Waals surface area contributed by atoms with Gasteiger partial charge in [0.1, 0.15) is 5.75 Å². The Morgan fingerprint density at radius 2 is 1.78 bits per heavy atom. The summed E-state index contributed by atoms with van der Waals surface area (Å²) in [7, 11) is 0. The van der Waals surface area contributed by atoms with Crippen LogP contribution >= 0.6 is 11.6 Å². The molecule has 1 saturated carbocycles. The van der Waals surface area contributed by atoms with Gasteiger partial charge in [0.25, 0.3) is 0 Å². The van der Waals surface area contributed by atoms with E-state index >= 15 is 0 Å². The summed E-state index contributed by atoms with van der Waals surface area (Å²) >= 11 is 6.06. The molecule has 1 aliphatic heterocycles. The van der Waals surface area contributed by atoms with Gasteiger partial charge in [0.2, 0.25) is 5.91 Å². The first-order valence-corrected chi connectivity index (χ1v) is 12.5. The molecule has 1 aliphatic carbocycles. The number of carbonyl (C=O) groups excluding carboxylic acids is 1. The highest BCUT2D eigenvalue weighted by Crippen LogP contribution is 2.42. The number of carbonyl (C=O) groups is 1. The largest absolute Gasteiger partial charge is 0.494 e. The lowest BCUT2D eigenvalue weighted by Gasteiger charge is -2.33. The van der Waals surface area contributed by atoms with Gasteiger partial charge in [-0.15, -0.1) is 0 Å². The van der Waals surface area contributed by atoms with Crippen LogP contribution < -0.4 is 10.1 Å². The van der Waals surface area contributed by atoms with Crippen molar-refractivity contribution in [3.8, 4) is 5.75 Å². The van der Waals surface area contributed by atoms with Crippen LogP contribution in [0.1, 0.15) is 63.9 Å². The van der Waals surface area contributed by atoms with E-state index in [2.05, 4.69) is 17.1 Å². The van der Waals surface area contributed by atoms with E-state index in [0.717, 1.165) is 55.6 Å². The number of piperidine rings is 1. The smallest absolute Gasteiger partial charge is 0.235 e. The minimum Gasteiger partial charge on any atom is -0.494 e. The fourth-order valence-corrected chi connectivity index (χ4v) is 5.35. The van der Waals surface area contributed by atoms with Crippen molar-refractivity contribution >= 4 is 23.2 Å². The van der Waals surface area contributed by atoms with Crippen LogP contribution in [-0.4, -0.2) is 36.5 Å². The second kappa shape index (κ2) is 10.7.